The van der Waals surface area contributed by atoms with Crippen molar-refractivity contribution in [1.29, 1.82) is 0 Å². The van der Waals surface area contributed by atoms with Gasteiger partial charge in [0.1, 0.15) is 5.82 Å². The number of aryl methyl sites for hydroxylation is 1. The Hall–Kier alpha value is -1.95. The van der Waals surface area contributed by atoms with Crippen molar-refractivity contribution < 1.29 is 0 Å². The summed E-state index contributed by atoms with van der Waals surface area (Å²) in [5.41, 5.74) is 2.00. The quantitative estimate of drug-likeness (QED) is 0.783. The summed E-state index contributed by atoms with van der Waals surface area (Å²) in [4.78, 5) is 10.1. The second-order valence-electron chi connectivity index (χ2n) is 4.01. The number of rotatable bonds is 3. The number of hydrogen-bond acceptors (Lipinski definition) is 5. The second-order valence-corrected chi connectivity index (χ2v) is 5.04. The van der Waals surface area contributed by atoms with E-state index < -0.39 is 0 Å². The maximum atomic E-state index is 4.48. The minimum absolute atomic E-state index is 0.718. The van der Waals surface area contributed by atoms with Gasteiger partial charge in [0.25, 0.3) is 0 Å². The Morgan fingerprint density at radius 2 is 2.28 bits per heavy atom. The van der Waals surface area contributed by atoms with Crippen LogP contribution in [-0.4, -0.2) is 26.6 Å². The van der Waals surface area contributed by atoms with Crippen LogP contribution in [0.15, 0.2) is 23.7 Å². The molecule has 0 fully saturated rings. The van der Waals surface area contributed by atoms with Crippen molar-refractivity contribution in [3.05, 3.63) is 40.0 Å². The first-order valence-corrected chi connectivity index (χ1v) is 6.57. The SMILES string of the molecule is CNc1nc(C)nc2c(Cc3cccs3)cnn12. The van der Waals surface area contributed by atoms with E-state index in [2.05, 4.69) is 37.9 Å². The van der Waals surface area contributed by atoms with E-state index in [1.165, 1.54) is 4.88 Å². The zero-order valence-corrected chi connectivity index (χ0v) is 11.0. The largest absolute Gasteiger partial charge is 0.357 e. The molecule has 3 heterocycles. The van der Waals surface area contributed by atoms with Gasteiger partial charge in [-0.15, -0.1) is 11.3 Å². The lowest BCUT2D eigenvalue weighted by Gasteiger charge is -2.04. The Labute approximate surface area is 109 Å². The average molecular weight is 259 g/mol. The third kappa shape index (κ3) is 1.84. The Balaban J connectivity index is 2.11. The van der Waals surface area contributed by atoms with E-state index in [1.807, 2.05) is 20.2 Å². The molecule has 0 bridgehead atoms. The van der Waals surface area contributed by atoms with Crippen molar-refractivity contribution in [1.82, 2.24) is 19.6 Å². The number of aromatic nitrogens is 4. The monoisotopic (exact) mass is 259 g/mol. The van der Waals surface area contributed by atoms with E-state index in [0.29, 0.717) is 0 Å². The summed E-state index contributed by atoms with van der Waals surface area (Å²) in [6.07, 6.45) is 2.73. The maximum Gasteiger partial charge on any atom is 0.227 e. The first-order valence-electron chi connectivity index (χ1n) is 5.69. The Morgan fingerprint density at radius 1 is 1.39 bits per heavy atom. The van der Waals surface area contributed by atoms with E-state index >= 15 is 0 Å². The van der Waals surface area contributed by atoms with E-state index in [4.69, 9.17) is 0 Å². The third-order valence-electron chi connectivity index (χ3n) is 2.72. The molecule has 0 saturated carbocycles. The molecule has 3 aromatic heterocycles. The molecule has 0 spiro atoms. The van der Waals surface area contributed by atoms with Crippen molar-refractivity contribution in [2.24, 2.45) is 0 Å². The number of hydrogen-bond donors (Lipinski definition) is 1. The summed E-state index contributed by atoms with van der Waals surface area (Å²) in [6, 6.07) is 4.19. The predicted octanol–water partition coefficient (Wildman–Crippen LogP) is 2.13. The molecule has 5 nitrogen and oxygen atoms in total. The first-order chi connectivity index (χ1) is 8.78. The van der Waals surface area contributed by atoms with Gasteiger partial charge in [0.2, 0.25) is 5.95 Å². The Kier molecular flexibility index (Phi) is 2.71. The van der Waals surface area contributed by atoms with Crippen LogP contribution in [0.5, 0.6) is 0 Å². The van der Waals surface area contributed by atoms with Gasteiger partial charge in [-0.2, -0.15) is 14.6 Å². The summed E-state index contributed by atoms with van der Waals surface area (Å²) in [6.45, 7) is 1.89. The van der Waals surface area contributed by atoms with Crippen molar-refractivity contribution >= 4 is 22.9 Å². The predicted molar refractivity (Wildman–Crippen MR) is 72.2 cm³/mol. The molecule has 0 atom stereocenters. The van der Waals surface area contributed by atoms with Gasteiger partial charge >= 0.3 is 0 Å². The molecule has 0 saturated heterocycles. The fraction of sp³-hybridized carbons (Fsp3) is 0.250. The minimum Gasteiger partial charge on any atom is -0.357 e. The molecule has 3 rings (SSSR count). The number of fused-ring (bicyclic) bond motifs is 1. The summed E-state index contributed by atoms with van der Waals surface area (Å²) in [5.74, 6) is 1.47. The molecule has 18 heavy (non-hydrogen) atoms. The van der Waals surface area contributed by atoms with Crippen LogP contribution in [0.2, 0.25) is 0 Å². The maximum absolute atomic E-state index is 4.48. The van der Waals surface area contributed by atoms with Crippen molar-refractivity contribution in [2.45, 2.75) is 13.3 Å². The second kappa shape index (κ2) is 4.38. The van der Waals surface area contributed by atoms with Gasteiger partial charge in [0, 0.05) is 23.9 Å². The molecule has 92 valence electrons. The number of anilines is 1. The van der Waals surface area contributed by atoms with E-state index in [1.54, 1.807) is 15.9 Å². The van der Waals surface area contributed by atoms with E-state index in [0.717, 1.165) is 29.4 Å². The van der Waals surface area contributed by atoms with Gasteiger partial charge in [0.05, 0.1) is 6.20 Å². The van der Waals surface area contributed by atoms with E-state index in [9.17, 15) is 0 Å². The van der Waals surface area contributed by atoms with Crippen LogP contribution in [0, 0.1) is 6.92 Å². The summed E-state index contributed by atoms with van der Waals surface area (Å²) < 4.78 is 1.75. The van der Waals surface area contributed by atoms with Gasteiger partial charge in [0.15, 0.2) is 5.65 Å². The highest BCUT2D eigenvalue weighted by molar-refractivity contribution is 7.09. The molecule has 0 aliphatic heterocycles. The van der Waals surface area contributed by atoms with Crippen LogP contribution in [0.25, 0.3) is 5.65 Å². The fourth-order valence-corrected chi connectivity index (χ4v) is 2.64. The lowest BCUT2D eigenvalue weighted by Crippen LogP contribution is -2.06. The van der Waals surface area contributed by atoms with Crippen molar-refractivity contribution in [2.75, 3.05) is 12.4 Å². The van der Waals surface area contributed by atoms with Gasteiger partial charge < -0.3 is 5.32 Å². The first kappa shape index (κ1) is 11.2. The van der Waals surface area contributed by atoms with Gasteiger partial charge in [-0.05, 0) is 18.4 Å². The normalized spacial score (nSPS) is 11.0. The molecule has 0 unspecified atom stereocenters. The van der Waals surface area contributed by atoms with Crippen molar-refractivity contribution in [3.8, 4) is 0 Å². The van der Waals surface area contributed by atoms with Gasteiger partial charge in [-0.1, -0.05) is 6.07 Å². The molecule has 0 aromatic carbocycles. The van der Waals surface area contributed by atoms with Crippen molar-refractivity contribution in [3.63, 3.8) is 0 Å². The Bertz CT molecular complexity index is 671. The molecular formula is C12H13N5S. The molecule has 3 aromatic rings. The zero-order chi connectivity index (χ0) is 12.5. The molecule has 6 heteroatoms. The number of thiophene rings is 1. The van der Waals surface area contributed by atoms with Gasteiger partial charge in [-0.3, -0.25) is 0 Å². The third-order valence-corrected chi connectivity index (χ3v) is 3.60. The molecule has 1 N–H and O–H groups in total. The number of nitrogens with one attached hydrogen (secondary N) is 1. The highest BCUT2D eigenvalue weighted by Crippen LogP contribution is 2.19. The average Bonchev–Trinajstić information content (AvgIpc) is 2.99. The van der Waals surface area contributed by atoms with Gasteiger partial charge in [-0.25, -0.2) is 4.98 Å². The topological polar surface area (TPSA) is 55.1 Å². The lowest BCUT2D eigenvalue weighted by molar-refractivity contribution is 0.876. The minimum atomic E-state index is 0.718. The molecule has 0 aliphatic rings. The van der Waals surface area contributed by atoms with E-state index in [-0.39, 0.29) is 0 Å². The van der Waals surface area contributed by atoms with Crippen LogP contribution in [0.4, 0.5) is 5.95 Å². The van der Waals surface area contributed by atoms with Crippen LogP contribution in [-0.2, 0) is 6.42 Å². The fourth-order valence-electron chi connectivity index (χ4n) is 1.92. The van der Waals surface area contributed by atoms with Crippen LogP contribution in [0.1, 0.15) is 16.3 Å². The highest BCUT2D eigenvalue weighted by Gasteiger charge is 2.11. The smallest absolute Gasteiger partial charge is 0.227 e. The Morgan fingerprint density at radius 3 is 3.00 bits per heavy atom. The van der Waals surface area contributed by atoms with Crippen LogP contribution >= 0.6 is 11.3 Å². The van der Waals surface area contributed by atoms with Crippen LogP contribution < -0.4 is 5.32 Å². The molecule has 0 aliphatic carbocycles. The van der Waals surface area contributed by atoms with Crippen LogP contribution in [0.3, 0.4) is 0 Å². The zero-order valence-electron chi connectivity index (χ0n) is 10.2. The highest BCUT2D eigenvalue weighted by atomic mass is 32.1. The summed E-state index contributed by atoms with van der Waals surface area (Å²) in [5, 5.41) is 9.46. The standard InChI is InChI=1S/C12H13N5S/c1-8-15-11-9(6-10-4-3-5-18-10)7-14-17(11)12(13-2)16-8/h3-5,7H,6H2,1-2H3,(H,13,15,16). The lowest BCUT2D eigenvalue weighted by atomic mass is 10.2. The molecule has 0 radical (unpaired) electrons. The summed E-state index contributed by atoms with van der Waals surface area (Å²) in [7, 11) is 1.84. The molecule has 0 amide bonds. The molecular weight excluding hydrogens is 246 g/mol. The number of nitrogens with zero attached hydrogens (tertiary/aromatic N) is 4. The summed E-state index contributed by atoms with van der Waals surface area (Å²) >= 11 is 1.75.